The third-order valence-corrected chi connectivity index (χ3v) is 8.67. The van der Waals surface area contributed by atoms with Crippen LogP contribution in [0.3, 0.4) is 0 Å². The summed E-state index contributed by atoms with van der Waals surface area (Å²) in [6, 6.07) is 7.16. The summed E-state index contributed by atoms with van der Waals surface area (Å²) in [5.74, 6) is 0.416. The van der Waals surface area contributed by atoms with Crippen molar-refractivity contribution in [2.24, 2.45) is 5.92 Å². The summed E-state index contributed by atoms with van der Waals surface area (Å²) in [5.41, 5.74) is 2.21. The number of piperazine rings is 1. The van der Waals surface area contributed by atoms with Crippen LogP contribution >= 0.6 is 11.3 Å². The fourth-order valence-corrected chi connectivity index (χ4v) is 6.78. The minimum absolute atomic E-state index is 0.0608. The number of hydrogen-bond donors (Lipinski definition) is 0. The molecule has 3 heterocycles. The lowest BCUT2D eigenvalue weighted by Gasteiger charge is -2.34. The van der Waals surface area contributed by atoms with E-state index in [2.05, 4.69) is 23.8 Å². The number of hydrogen-bond acceptors (Lipinski definition) is 6. The molecule has 0 bridgehead atoms. The van der Waals surface area contributed by atoms with Crippen LogP contribution in [0.2, 0.25) is 0 Å². The summed E-state index contributed by atoms with van der Waals surface area (Å²) in [5, 5.41) is 1.78. The maximum absolute atomic E-state index is 13.4. The molecule has 32 heavy (non-hydrogen) atoms. The zero-order chi connectivity index (χ0) is 23.0. The average Bonchev–Trinajstić information content (AvgIpc) is 3.11. The van der Waals surface area contributed by atoms with Crippen molar-refractivity contribution in [3.05, 3.63) is 51.6 Å². The fraction of sp³-hybridized carbons (Fsp3) is 0.435. The highest BCUT2D eigenvalue weighted by molar-refractivity contribution is 7.89. The van der Waals surface area contributed by atoms with Crippen molar-refractivity contribution in [3.8, 4) is 0 Å². The first-order chi connectivity index (χ1) is 15.2. The number of aromatic nitrogens is 2. The van der Waals surface area contributed by atoms with E-state index >= 15 is 0 Å². The van der Waals surface area contributed by atoms with E-state index in [0.717, 1.165) is 28.1 Å². The Morgan fingerprint density at radius 3 is 2.56 bits per heavy atom. The van der Waals surface area contributed by atoms with Crippen LogP contribution in [0.25, 0.3) is 10.9 Å². The summed E-state index contributed by atoms with van der Waals surface area (Å²) in [7, 11) is -3.71. The summed E-state index contributed by atoms with van der Waals surface area (Å²) >= 11 is 1.45. The van der Waals surface area contributed by atoms with E-state index in [4.69, 9.17) is 0 Å². The Balaban J connectivity index is 1.50. The number of aryl methyl sites for hydroxylation is 2. The third kappa shape index (κ3) is 4.42. The summed E-state index contributed by atoms with van der Waals surface area (Å²) in [4.78, 5) is 24.6. The Morgan fingerprint density at radius 1 is 1.16 bits per heavy atom. The predicted molar refractivity (Wildman–Crippen MR) is 127 cm³/mol. The predicted octanol–water partition coefficient (Wildman–Crippen LogP) is 3.65. The number of fused-ring (bicyclic) bond motifs is 1. The van der Waals surface area contributed by atoms with Crippen LogP contribution in [0, 0.1) is 19.8 Å². The van der Waals surface area contributed by atoms with Gasteiger partial charge in [0.05, 0.1) is 16.2 Å². The van der Waals surface area contributed by atoms with Crippen molar-refractivity contribution < 1.29 is 13.2 Å². The van der Waals surface area contributed by atoms with Crippen molar-refractivity contribution in [2.75, 3.05) is 26.2 Å². The first-order valence-corrected chi connectivity index (χ1v) is 13.0. The highest BCUT2D eigenvalue weighted by Gasteiger charge is 2.32. The molecule has 1 aliphatic rings. The van der Waals surface area contributed by atoms with Gasteiger partial charge < -0.3 is 4.90 Å². The lowest BCUT2D eigenvalue weighted by molar-refractivity contribution is 0.0702. The van der Waals surface area contributed by atoms with Gasteiger partial charge in [-0.05, 0) is 37.5 Å². The molecule has 1 amide bonds. The van der Waals surface area contributed by atoms with Crippen molar-refractivity contribution in [2.45, 2.75) is 39.0 Å². The molecular weight excluding hydrogens is 444 g/mol. The van der Waals surface area contributed by atoms with Crippen molar-refractivity contribution in [3.63, 3.8) is 0 Å². The van der Waals surface area contributed by atoms with E-state index < -0.39 is 10.0 Å². The molecule has 4 rings (SSSR count). The normalized spacial score (nSPS) is 15.6. The molecule has 1 saturated heterocycles. The first kappa shape index (κ1) is 22.8. The number of nitrogens with zero attached hydrogens (tertiary/aromatic N) is 4. The molecular formula is C23H28N4O3S2. The van der Waals surface area contributed by atoms with E-state index in [1.165, 1.54) is 15.6 Å². The number of carbonyl (C=O) groups excluding carboxylic acids is 1. The third-order valence-electron chi connectivity index (χ3n) is 5.57. The largest absolute Gasteiger partial charge is 0.335 e. The van der Waals surface area contributed by atoms with Gasteiger partial charge >= 0.3 is 0 Å². The van der Waals surface area contributed by atoms with Crippen LogP contribution in [0.5, 0.6) is 0 Å². The van der Waals surface area contributed by atoms with Gasteiger partial charge in [-0.3, -0.25) is 9.78 Å². The zero-order valence-corrected chi connectivity index (χ0v) is 20.5. The number of carbonyl (C=O) groups is 1. The SMILES string of the molecule is Cc1cnc2c(S(=O)(=O)N3CCN(C(=O)c4sc(CC(C)C)nc4C)CC3)cccc2c1. The van der Waals surface area contributed by atoms with Crippen LogP contribution < -0.4 is 0 Å². The van der Waals surface area contributed by atoms with E-state index in [0.29, 0.717) is 29.4 Å². The Morgan fingerprint density at radius 2 is 1.88 bits per heavy atom. The Hall–Kier alpha value is -2.36. The van der Waals surface area contributed by atoms with Gasteiger partial charge in [0.2, 0.25) is 10.0 Å². The van der Waals surface area contributed by atoms with Gasteiger partial charge in [0, 0.05) is 44.2 Å². The van der Waals surface area contributed by atoms with Gasteiger partial charge in [0.15, 0.2) is 0 Å². The molecule has 9 heteroatoms. The number of sulfonamides is 1. The number of pyridine rings is 1. The fourth-order valence-electron chi connectivity index (χ4n) is 3.95. The number of para-hydroxylation sites is 1. The van der Waals surface area contributed by atoms with Crippen LogP contribution in [0.1, 0.15) is 39.8 Å². The molecule has 0 saturated carbocycles. The molecule has 1 aliphatic heterocycles. The second kappa shape index (κ2) is 8.88. The molecule has 0 unspecified atom stereocenters. The topological polar surface area (TPSA) is 83.5 Å². The molecule has 0 aliphatic carbocycles. The Bertz CT molecular complexity index is 1260. The summed E-state index contributed by atoms with van der Waals surface area (Å²) in [6.07, 6.45) is 2.53. The molecule has 1 fully saturated rings. The highest BCUT2D eigenvalue weighted by Crippen LogP contribution is 2.27. The quantitative estimate of drug-likeness (QED) is 0.566. The minimum Gasteiger partial charge on any atom is -0.335 e. The molecule has 1 aromatic carbocycles. The van der Waals surface area contributed by atoms with Gasteiger partial charge in [0.1, 0.15) is 9.77 Å². The molecule has 0 atom stereocenters. The Labute approximate surface area is 193 Å². The van der Waals surface area contributed by atoms with E-state index in [9.17, 15) is 13.2 Å². The van der Waals surface area contributed by atoms with Crippen LogP contribution in [0.4, 0.5) is 0 Å². The van der Waals surface area contributed by atoms with Crippen LogP contribution in [-0.2, 0) is 16.4 Å². The molecule has 3 aromatic rings. The number of rotatable bonds is 5. The van der Waals surface area contributed by atoms with Gasteiger partial charge in [0.25, 0.3) is 5.91 Å². The summed E-state index contributed by atoms with van der Waals surface area (Å²) < 4.78 is 28.2. The molecule has 0 N–H and O–H groups in total. The van der Waals surface area contributed by atoms with Crippen molar-refractivity contribution in [1.82, 2.24) is 19.2 Å². The lowest BCUT2D eigenvalue weighted by atomic mass is 10.1. The molecule has 7 nitrogen and oxygen atoms in total. The van der Waals surface area contributed by atoms with Gasteiger partial charge in [-0.2, -0.15) is 4.31 Å². The van der Waals surface area contributed by atoms with Crippen LogP contribution in [-0.4, -0.2) is 59.7 Å². The van der Waals surface area contributed by atoms with Gasteiger partial charge in [-0.15, -0.1) is 11.3 Å². The van der Waals surface area contributed by atoms with Crippen molar-refractivity contribution in [1.29, 1.82) is 0 Å². The number of amides is 1. The van der Waals surface area contributed by atoms with Gasteiger partial charge in [-0.1, -0.05) is 26.0 Å². The monoisotopic (exact) mass is 472 g/mol. The maximum atomic E-state index is 13.4. The highest BCUT2D eigenvalue weighted by atomic mass is 32.2. The molecule has 0 spiro atoms. The molecule has 0 radical (unpaired) electrons. The Kier molecular flexibility index (Phi) is 6.33. The lowest BCUT2D eigenvalue weighted by Crippen LogP contribution is -2.50. The smallest absolute Gasteiger partial charge is 0.265 e. The maximum Gasteiger partial charge on any atom is 0.265 e. The van der Waals surface area contributed by atoms with E-state index in [1.54, 1.807) is 23.2 Å². The van der Waals surface area contributed by atoms with Crippen LogP contribution in [0.15, 0.2) is 35.4 Å². The second-order valence-corrected chi connectivity index (χ2v) is 11.6. The summed E-state index contributed by atoms with van der Waals surface area (Å²) in [6.45, 7) is 9.28. The molecule has 170 valence electrons. The molecule has 2 aromatic heterocycles. The van der Waals surface area contributed by atoms with Crippen molar-refractivity contribution >= 4 is 38.2 Å². The second-order valence-electron chi connectivity index (χ2n) is 8.66. The number of benzene rings is 1. The van der Waals surface area contributed by atoms with Gasteiger partial charge in [-0.25, -0.2) is 13.4 Å². The van der Waals surface area contributed by atoms with E-state index in [1.807, 2.05) is 26.0 Å². The average molecular weight is 473 g/mol. The first-order valence-electron chi connectivity index (χ1n) is 10.8. The number of thiazole rings is 1. The minimum atomic E-state index is -3.71. The standard InChI is InChI=1S/C23H28N4O3S2/c1-15(2)12-20-25-17(4)22(31-20)23(28)26-8-10-27(11-9-26)32(29,30)19-7-5-6-18-13-16(3)14-24-21(18)19/h5-7,13-15H,8-12H2,1-4H3. The zero-order valence-electron chi connectivity index (χ0n) is 18.8. The van der Waals surface area contributed by atoms with E-state index in [-0.39, 0.29) is 23.9 Å².